The highest BCUT2D eigenvalue weighted by Crippen LogP contribution is 2.32. The number of benzene rings is 1. The molecule has 1 aromatic carbocycles. The molecule has 4 heteroatoms. The second kappa shape index (κ2) is 8.64. The lowest BCUT2D eigenvalue weighted by molar-refractivity contribution is 0.409. The summed E-state index contributed by atoms with van der Waals surface area (Å²) in [6.07, 6.45) is 6.70. The van der Waals surface area contributed by atoms with Crippen LogP contribution in [0.2, 0.25) is 0 Å². The monoisotopic (exact) mass is 311 g/mol. The summed E-state index contributed by atoms with van der Waals surface area (Å²) in [5.74, 6) is 1.33. The van der Waals surface area contributed by atoms with E-state index in [0.29, 0.717) is 5.75 Å². The first kappa shape index (κ1) is 16.6. The van der Waals surface area contributed by atoms with E-state index in [1.54, 1.807) is 7.11 Å². The standard InChI is InChI=1S/C17H26FNOS/c1-3-19-17(12-21-14-7-5-4-6-8-14)15-10-9-13(20-2)11-16(15)18/h9-11,14,17,19H,3-8,12H2,1-2H3. The number of hydrogen-bond donors (Lipinski definition) is 1. The van der Waals surface area contributed by atoms with Crippen molar-refractivity contribution in [2.24, 2.45) is 0 Å². The molecular formula is C17H26FNOS. The average molecular weight is 311 g/mol. The van der Waals surface area contributed by atoms with Crippen LogP contribution in [-0.4, -0.2) is 24.7 Å². The Labute approximate surface area is 131 Å². The molecule has 1 aliphatic carbocycles. The first-order valence-corrected chi connectivity index (χ1v) is 8.98. The molecule has 1 aliphatic rings. The number of thioether (sulfide) groups is 1. The molecular weight excluding hydrogens is 285 g/mol. The predicted molar refractivity (Wildman–Crippen MR) is 88.7 cm³/mol. The molecule has 0 radical (unpaired) electrons. The van der Waals surface area contributed by atoms with Gasteiger partial charge in [-0.1, -0.05) is 32.3 Å². The fourth-order valence-electron chi connectivity index (χ4n) is 2.89. The Bertz CT molecular complexity index is 435. The normalized spacial score (nSPS) is 17.7. The van der Waals surface area contributed by atoms with Crippen molar-refractivity contribution in [1.82, 2.24) is 5.32 Å². The van der Waals surface area contributed by atoms with Crippen molar-refractivity contribution in [3.05, 3.63) is 29.6 Å². The lowest BCUT2D eigenvalue weighted by atomic mass is 10.0. The number of rotatable bonds is 7. The molecule has 1 N–H and O–H groups in total. The van der Waals surface area contributed by atoms with Crippen LogP contribution in [0.5, 0.6) is 5.75 Å². The summed E-state index contributed by atoms with van der Waals surface area (Å²) in [6, 6.07) is 5.25. The second-order valence-corrected chi connectivity index (χ2v) is 6.92. The fraction of sp³-hybridized carbons (Fsp3) is 0.647. The van der Waals surface area contributed by atoms with Gasteiger partial charge in [0.2, 0.25) is 0 Å². The molecule has 0 saturated heterocycles. The van der Waals surface area contributed by atoms with Gasteiger partial charge in [-0.2, -0.15) is 11.8 Å². The molecule has 21 heavy (non-hydrogen) atoms. The SMILES string of the molecule is CCNC(CSC1CCCCC1)c1ccc(OC)cc1F. The van der Waals surface area contributed by atoms with Crippen LogP contribution in [0.4, 0.5) is 4.39 Å². The Morgan fingerprint density at radius 2 is 2.10 bits per heavy atom. The largest absolute Gasteiger partial charge is 0.497 e. The van der Waals surface area contributed by atoms with Gasteiger partial charge < -0.3 is 10.1 Å². The van der Waals surface area contributed by atoms with Gasteiger partial charge in [-0.25, -0.2) is 4.39 Å². The van der Waals surface area contributed by atoms with Gasteiger partial charge in [-0.05, 0) is 25.5 Å². The molecule has 2 rings (SSSR count). The van der Waals surface area contributed by atoms with Crippen molar-refractivity contribution in [3.8, 4) is 5.75 Å². The molecule has 1 atom stereocenters. The van der Waals surface area contributed by atoms with Crippen molar-refractivity contribution >= 4 is 11.8 Å². The Kier molecular flexibility index (Phi) is 6.84. The summed E-state index contributed by atoms with van der Waals surface area (Å²) >= 11 is 2.00. The minimum absolute atomic E-state index is 0.0767. The first-order valence-electron chi connectivity index (χ1n) is 7.93. The van der Waals surface area contributed by atoms with Gasteiger partial charge in [0.1, 0.15) is 11.6 Å². The lowest BCUT2D eigenvalue weighted by Crippen LogP contribution is -2.25. The molecule has 0 amide bonds. The Morgan fingerprint density at radius 3 is 2.71 bits per heavy atom. The van der Waals surface area contributed by atoms with Crippen molar-refractivity contribution in [2.45, 2.75) is 50.3 Å². The van der Waals surface area contributed by atoms with Gasteiger partial charge in [-0.15, -0.1) is 0 Å². The van der Waals surface area contributed by atoms with Crippen LogP contribution >= 0.6 is 11.8 Å². The third-order valence-corrected chi connectivity index (χ3v) is 5.55. The number of ether oxygens (including phenoxy) is 1. The Hall–Kier alpha value is -0.740. The van der Waals surface area contributed by atoms with Crippen molar-refractivity contribution in [3.63, 3.8) is 0 Å². The van der Waals surface area contributed by atoms with E-state index >= 15 is 0 Å². The van der Waals surface area contributed by atoms with E-state index in [1.165, 1.54) is 38.2 Å². The van der Waals surface area contributed by atoms with Gasteiger partial charge in [0.05, 0.1) is 7.11 Å². The smallest absolute Gasteiger partial charge is 0.131 e. The van der Waals surface area contributed by atoms with Gasteiger partial charge in [0.25, 0.3) is 0 Å². The quantitative estimate of drug-likeness (QED) is 0.798. The van der Waals surface area contributed by atoms with E-state index in [-0.39, 0.29) is 11.9 Å². The zero-order chi connectivity index (χ0) is 15.1. The van der Waals surface area contributed by atoms with E-state index < -0.39 is 0 Å². The van der Waals surface area contributed by atoms with E-state index in [1.807, 2.05) is 23.9 Å². The number of nitrogens with one attached hydrogen (secondary N) is 1. The molecule has 1 fully saturated rings. The molecule has 0 aliphatic heterocycles. The summed E-state index contributed by atoms with van der Waals surface area (Å²) in [7, 11) is 1.56. The summed E-state index contributed by atoms with van der Waals surface area (Å²) in [4.78, 5) is 0. The van der Waals surface area contributed by atoms with E-state index in [4.69, 9.17) is 4.74 Å². The molecule has 2 nitrogen and oxygen atoms in total. The van der Waals surface area contributed by atoms with Crippen LogP contribution < -0.4 is 10.1 Å². The summed E-state index contributed by atoms with van der Waals surface area (Å²) < 4.78 is 19.3. The molecule has 0 bridgehead atoms. The zero-order valence-electron chi connectivity index (χ0n) is 13.0. The first-order chi connectivity index (χ1) is 10.2. The second-order valence-electron chi connectivity index (χ2n) is 5.59. The van der Waals surface area contributed by atoms with Gasteiger partial charge in [-0.3, -0.25) is 0 Å². The summed E-state index contributed by atoms with van der Waals surface area (Å²) in [6.45, 7) is 2.92. The fourth-order valence-corrected chi connectivity index (χ4v) is 4.32. The number of methoxy groups -OCH3 is 1. The van der Waals surface area contributed by atoms with E-state index in [9.17, 15) is 4.39 Å². The molecule has 1 saturated carbocycles. The maximum Gasteiger partial charge on any atom is 0.131 e. The van der Waals surface area contributed by atoms with Gasteiger partial charge in [0, 0.05) is 28.7 Å². The van der Waals surface area contributed by atoms with Crippen LogP contribution in [0.15, 0.2) is 18.2 Å². The molecule has 0 spiro atoms. The number of halogens is 1. The van der Waals surface area contributed by atoms with Crippen molar-refractivity contribution in [2.75, 3.05) is 19.4 Å². The maximum absolute atomic E-state index is 14.2. The zero-order valence-corrected chi connectivity index (χ0v) is 13.8. The number of hydrogen-bond acceptors (Lipinski definition) is 3. The van der Waals surface area contributed by atoms with E-state index in [2.05, 4.69) is 12.2 Å². The molecule has 1 aromatic rings. The van der Waals surface area contributed by atoms with Crippen molar-refractivity contribution < 1.29 is 9.13 Å². The van der Waals surface area contributed by atoms with Crippen LogP contribution in [0.3, 0.4) is 0 Å². The topological polar surface area (TPSA) is 21.3 Å². The average Bonchev–Trinajstić information content (AvgIpc) is 2.52. The molecule has 0 aromatic heterocycles. The minimum Gasteiger partial charge on any atom is -0.497 e. The van der Waals surface area contributed by atoms with Gasteiger partial charge in [0.15, 0.2) is 0 Å². The maximum atomic E-state index is 14.2. The molecule has 1 unspecified atom stereocenters. The summed E-state index contributed by atoms with van der Waals surface area (Å²) in [5.41, 5.74) is 0.751. The predicted octanol–water partition coefficient (Wildman–Crippen LogP) is 4.55. The minimum atomic E-state index is -0.176. The third-order valence-electron chi connectivity index (χ3n) is 4.08. The van der Waals surface area contributed by atoms with Gasteiger partial charge >= 0.3 is 0 Å². The highest BCUT2D eigenvalue weighted by Gasteiger charge is 2.19. The van der Waals surface area contributed by atoms with E-state index in [0.717, 1.165) is 23.1 Å². The lowest BCUT2D eigenvalue weighted by Gasteiger charge is -2.25. The van der Waals surface area contributed by atoms with Crippen LogP contribution in [0, 0.1) is 5.82 Å². The van der Waals surface area contributed by atoms with Crippen LogP contribution in [-0.2, 0) is 0 Å². The highest BCUT2D eigenvalue weighted by atomic mass is 32.2. The third kappa shape index (κ3) is 4.89. The summed E-state index contributed by atoms with van der Waals surface area (Å²) in [5, 5.41) is 4.17. The van der Waals surface area contributed by atoms with Crippen molar-refractivity contribution in [1.29, 1.82) is 0 Å². The Balaban J connectivity index is 2.00. The molecule has 118 valence electrons. The van der Waals surface area contributed by atoms with Crippen LogP contribution in [0.1, 0.15) is 50.6 Å². The Morgan fingerprint density at radius 1 is 1.33 bits per heavy atom. The molecule has 0 heterocycles. The highest BCUT2D eigenvalue weighted by molar-refractivity contribution is 7.99. The van der Waals surface area contributed by atoms with Crippen LogP contribution in [0.25, 0.3) is 0 Å².